The molecule has 0 bridgehead atoms. The van der Waals surface area contributed by atoms with Crippen LogP contribution in [-0.4, -0.2) is 24.0 Å². The van der Waals surface area contributed by atoms with Crippen molar-refractivity contribution in [3.8, 4) is 6.07 Å². The summed E-state index contributed by atoms with van der Waals surface area (Å²) >= 11 is 0. The molecule has 0 unspecified atom stereocenters. The number of hydrogen-bond acceptors (Lipinski definition) is 2. The van der Waals surface area contributed by atoms with Crippen LogP contribution in [0, 0.1) is 16.7 Å². The molecule has 0 N–H and O–H groups in total. The molecule has 0 saturated heterocycles. The van der Waals surface area contributed by atoms with E-state index in [-0.39, 0.29) is 5.41 Å². The van der Waals surface area contributed by atoms with Crippen molar-refractivity contribution in [3.63, 3.8) is 0 Å². The molecule has 0 aliphatic heterocycles. The second-order valence-electron chi connectivity index (χ2n) is 5.58. The monoisotopic (exact) mass is 224 g/mol. The van der Waals surface area contributed by atoms with Crippen molar-refractivity contribution >= 4 is 0 Å². The lowest BCUT2D eigenvalue weighted by molar-refractivity contribution is 0.214. The van der Waals surface area contributed by atoms with Gasteiger partial charge in [0.1, 0.15) is 0 Å². The second kappa shape index (κ2) is 7.68. The lowest BCUT2D eigenvalue weighted by atomic mass is 9.89. The van der Waals surface area contributed by atoms with Crippen LogP contribution in [0.25, 0.3) is 0 Å². The number of nitrogens with zero attached hydrogens (tertiary/aromatic N) is 2. The standard InChI is InChI=1S/C14H28N2/c1-6-10-16(13(2)3)11-8-7-9-14(4,5)12-15/h13H,6-11H2,1-5H3. The molecule has 0 aromatic heterocycles. The molecule has 2 nitrogen and oxygen atoms in total. The second-order valence-corrected chi connectivity index (χ2v) is 5.58. The first-order chi connectivity index (χ1) is 7.43. The minimum atomic E-state index is -0.145. The first-order valence-corrected chi connectivity index (χ1v) is 6.58. The Morgan fingerprint density at radius 2 is 1.81 bits per heavy atom. The van der Waals surface area contributed by atoms with Crippen LogP contribution in [0.3, 0.4) is 0 Å². The van der Waals surface area contributed by atoms with Crippen molar-refractivity contribution in [1.29, 1.82) is 5.26 Å². The van der Waals surface area contributed by atoms with Crippen LogP contribution >= 0.6 is 0 Å². The highest BCUT2D eigenvalue weighted by Crippen LogP contribution is 2.21. The van der Waals surface area contributed by atoms with Gasteiger partial charge in [0.2, 0.25) is 0 Å². The van der Waals surface area contributed by atoms with Crippen molar-refractivity contribution in [1.82, 2.24) is 4.90 Å². The molecule has 0 aromatic carbocycles. The SMILES string of the molecule is CCCN(CCCCC(C)(C)C#N)C(C)C. The van der Waals surface area contributed by atoms with E-state index in [1.54, 1.807) is 0 Å². The van der Waals surface area contributed by atoms with Crippen molar-refractivity contribution in [2.75, 3.05) is 13.1 Å². The van der Waals surface area contributed by atoms with E-state index in [9.17, 15) is 0 Å². The number of hydrogen-bond donors (Lipinski definition) is 0. The summed E-state index contributed by atoms with van der Waals surface area (Å²) in [7, 11) is 0. The highest BCUT2D eigenvalue weighted by atomic mass is 15.1. The predicted octanol–water partition coefficient (Wildman–Crippen LogP) is 3.83. The van der Waals surface area contributed by atoms with Crippen molar-refractivity contribution in [3.05, 3.63) is 0 Å². The van der Waals surface area contributed by atoms with E-state index in [0.29, 0.717) is 6.04 Å². The molecular weight excluding hydrogens is 196 g/mol. The lowest BCUT2D eigenvalue weighted by Gasteiger charge is -2.26. The highest BCUT2D eigenvalue weighted by molar-refractivity contribution is 4.91. The van der Waals surface area contributed by atoms with Crippen molar-refractivity contribution < 1.29 is 0 Å². The molecule has 0 saturated carbocycles. The Morgan fingerprint density at radius 3 is 2.25 bits per heavy atom. The van der Waals surface area contributed by atoms with Crippen LogP contribution in [0.2, 0.25) is 0 Å². The average Bonchev–Trinajstić information content (AvgIpc) is 2.22. The molecular formula is C14H28N2. The topological polar surface area (TPSA) is 27.0 Å². The van der Waals surface area contributed by atoms with Gasteiger partial charge in [-0.1, -0.05) is 13.3 Å². The van der Waals surface area contributed by atoms with E-state index in [0.717, 1.165) is 12.8 Å². The molecule has 16 heavy (non-hydrogen) atoms. The summed E-state index contributed by atoms with van der Waals surface area (Å²) in [6.07, 6.45) is 4.61. The molecule has 0 rings (SSSR count). The fraction of sp³-hybridized carbons (Fsp3) is 0.929. The normalized spacial score (nSPS) is 12.1. The van der Waals surface area contributed by atoms with E-state index in [1.807, 2.05) is 13.8 Å². The highest BCUT2D eigenvalue weighted by Gasteiger charge is 2.16. The van der Waals surface area contributed by atoms with E-state index in [1.165, 1.54) is 25.9 Å². The first kappa shape index (κ1) is 15.4. The van der Waals surface area contributed by atoms with E-state index in [2.05, 4.69) is 31.7 Å². The zero-order valence-corrected chi connectivity index (χ0v) is 11.7. The summed E-state index contributed by atoms with van der Waals surface area (Å²) in [5.41, 5.74) is -0.145. The molecule has 0 spiro atoms. The van der Waals surface area contributed by atoms with Gasteiger partial charge in [-0.05, 0) is 60.0 Å². The van der Waals surface area contributed by atoms with Crippen molar-refractivity contribution in [2.24, 2.45) is 5.41 Å². The zero-order chi connectivity index (χ0) is 12.6. The van der Waals surface area contributed by atoms with Crippen LogP contribution in [0.1, 0.15) is 60.3 Å². The molecule has 0 heterocycles. The Morgan fingerprint density at radius 1 is 1.19 bits per heavy atom. The van der Waals surface area contributed by atoms with E-state index >= 15 is 0 Å². The van der Waals surface area contributed by atoms with E-state index < -0.39 is 0 Å². The van der Waals surface area contributed by atoms with Gasteiger partial charge in [-0.3, -0.25) is 0 Å². The molecule has 0 amide bonds. The van der Waals surface area contributed by atoms with Gasteiger partial charge in [0.25, 0.3) is 0 Å². The fourth-order valence-electron chi connectivity index (χ4n) is 1.85. The number of nitriles is 1. The first-order valence-electron chi connectivity index (χ1n) is 6.58. The van der Waals surface area contributed by atoms with Gasteiger partial charge in [-0.2, -0.15) is 5.26 Å². The maximum atomic E-state index is 8.91. The predicted molar refractivity (Wildman–Crippen MR) is 70.2 cm³/mol. The van der Waals surface area contributed by atoms with Crippen LogP contribution in [0.4, 0.5) is 0 Å². The summed E-state index contributed by atoms with van der Waals surface area (Å²) in [6.45, 7) is 13.2. The summed E-state index contributed by atoms with van der Waals surface area (Å²) in [6, 6.07) is 3.01. The summed E-state index contributed by atoms with van der Waals surface area (Å²) in [4.78, 5) is 2.53. The Hall–Kier alpha value is -0.550. The number of rotatable bonds is 8. The largest absolute Gasteiger partial charge is 0.301 e. The van der Waals surface area contributed by atoms with Crippen LogP contribution < -0.4 is 0 Å². The maximum Gasteiger partial charge on any atom is 0.0683 e. The molecule has 94 valence electrons. The third-order valence-electron chi connectivity index (χ3n) is 3.04. The van der Waals surface area contributed by atoms with E-state index in [4.69, 9.17) is 5.26 Å². The Balaban J connectivity index is 3.75. The molecule has 0 radical (unpaired) electrons. The van der Waals surface area contributed by atoms with Gasteiger partial charge in [0.05, 0.1) is 11.5 Å². The molecule has 0 aliphatic rings. The minimum absolute atomic E-state index is 0.145. The molecule has 0 fully saturated rings. The minimum Gasteiger partial charge on any atom is -0.301 e. The van der Waals surface area contributed by atoms with Gasteiger partial charge >= 0.3 is 0 Å². The fourth-order valence-corrected chi connectivity index (χ4v) is 1.85. The molecule has 0 atom stereocenters. The van der Waals surface area contributed by atoms with Crippen molar-refractivity contribution in [2.45, 2.75) is 66.3 Å². The summed E-state index contributed by atoms with van der Waals surface area (Å²) in [5, 5.41) is 8.91. The average molecular weight is 224 g/mol. The van der Waals surface area contributed by atoms with Gasteiger partial charge < -0.3 is 4.90 Å². The Labute approximate surface area is 102 Å². The lowest BCUT2D eigenvalue weighted by Crippen LogP contribution is -2.32. The summed E-state index contributed by atoms with van der Waals surface area (Å²) < 4.78 is 0. The smallest absolute Gasteiger partial charge is 0.0683 e. The van der Waals surface area contributed by atoms with Gasteiger partial charge in [0.15, 0.2) is 0 Å². The summed E-state index contributed by atoms with van der Waals surface area (Å²) in [5.74, 6) is 0. The van der Waals surface area contributed by atoms with Gasteiger partial charge in [0, 0.05) is 6.04 Å². The quantitative estimate of drug-likeness (QED) is 0.586. The zero-order valence-electron chi connectivity index (χ0n) is 11.7. The molecule has 0 aromatic rings. The molecule has 2 heteroatoms. The molecule has 0 aliphatic carbocycles. The van der Waals surface area contributed by atoms with Crippen LogP contribution in [0.5, 0.6) is 0 Å². The maximum absolute atomic E-state index is 8.91. The van der Waals surface area contributed by atoms with Gasteiger partial charge in [-0.25, -0.2) is 0 Å². The Bertz CT molecular complexity index is 213. The number of unbranched alkanes of at least 4 members (excludes halogenated alkanes) is 1. The van der Waals surface area contributed by atoms with Gasteiger partial charge in [-0.15, -0.1) is 0 Å². The van der Waals surface area contributed by atoms with Crippen LogP contribution in [0.15, 0.2) is 0 Å². The third kappa shape index (κ3) is 6.85. The third-order valence-corrected chi connectivity index (χ3v) is 3.04. The Kier molecular flexibility index (Phi) is 7.42. The van der Waals surface area contributed by atoms with Crippen LogP contribution in [-0.2, 0) is 0 Å².